The number of rotatable bonds is 12. The molecule has 2 aliphatic heterocycles. The molecule has 1 spiro atoms. The van der Waals surface area contributed by atoms with E-state index in [0.29, 0.717) is 62.0 Å². The molecule has 2 aromatic rings. The molecule has 1 aliphatic carbocycles. The van der Waals surface area contributed by atoms with Gasteiger partial charge in [0, 0.05) is 32.2 Å². The second kappa shape index (κ2) is 13.8. The summed E-state index contributed by atoms with van der Waals surface area (Å²) in [6.07, 6.45) is 8.45. The minimum atomic E-state index is -3.42. The third-order valence-corrected chi connectivity index (χ3v) is 9.68. The van der Waals surface area contributed by atoms with E-state index in [1.807, 2.05) is 36.4 Å². The highest BCUT2D eigenvalue weighted by Gasteiger charge is 2.55. The van der Waals surface area contributed by atoms with E-state index in [9.17, 15) is 23.1 Å². The molecule has 2 atom stereocenters. The summed E-state index contributed by atoms with van der Waals surface area (Å²) >= 11 is 0. The Bertz CT molecular complexity index is 1500. The highest BCUT2D eigenvalue weighted by Crippen LogP contribution is 2.37. The van der Waals surface area contributed by atoms with Crippen LogP contribution in [0.4, 0.5) is 5.69 Å². The van der Waals surface area contributed by atoms with Crippen LogP contribution < -0.4 is 19.5 Å². The van der Waals surface area contributed by atoms with Gasteiger partial charge in [0.1, 0.15) is 17.3 Å². The summed E-state index contributed by atoms with van der Waals surface area (Å²) in [5.41, 5.74) is 0.567. The summed E-state index contributed by atoms with van der Waals surface area (Å²) < 4.78 is 36.9. The van der Waals surface area contributed by atoms with Crippen molar-refractivity contribution in [1.82, 2.24) is 15.1 Å². The highest BCUT2D eigenvalue weighted by atomic mass is 32.2. The number of aliphatic hydroxyl groups is 1. The molecule has 2 fully saturated rings. The molecular formula is C33H44N4O7S. The molecule has 11 nitrogen and oxygen atoms in total. The molecule has 12 heteroatoms. The average molecular weight is 641 g/mol. The van der Waals surface area contributed by atoms with Gasteiger partial charge in [-0.1, -0.05) is 37.6 Å². The van der Waals surface area contributed by atoms with E-state index in [-0.39, 0.29) is 17.7 Å². The third kappa shape index (κ3) is 7.45. The van der Waals surface area contributed by atoms with Crippen molar-refractivity contribution in [1.29, 1.82) is 0 Å². The summed E-state index contributed by atoms with van der Waals surface area (Å²) in [5, 5.41) is 14.0. The van der Waals surface area contributed by atoms with Crippen LogP contribution in [0.3, 0.4) is 0 Å². The van der Waals surface area contributed by atoms with Crippen molar-refractivity contribution in [3.63, 3.8) is 0 Å². The van der Waals surface area contributed by atoms with Gasteiger partial charge >= 0.3 is 0 Å². The Morgan fingerprint density at radius 1 is 1.07 bits per heavy atom. The lowest BCUT2D eigenvalue weighted by molar-refractivity contribution is -0.165. The summed E-state index contributed by atoms with van der Waals surface area (Å²) in [6, 6.07) is 11.6. The lowest BCUT2D eigenvalue weighted by atomic mass is 9.79. The normalized spacial score (nSPS) is 21.2. The first-order chi connectivity index (χ1) is 21.5. The number of carbonyl (C=O) groups excluding carboxylic acids is 2. The molecule has 0 radical (unpaired) electrons. The first-order valence-electron chi connectivity index (χ1n) is 15.6. The first kappa shape index (κ1) is 32.8. The summed E-state index contributed by atoms with van der Waals surface area (Å²) in [7, 11) is -1.93. The maximum atomic E-state index is 13.8. The molecule has 0 unspecified atom stereocenters. The van der Waals surface area contributed by atoms with Gasteiger partial charge in [-0.2, -0.15) is 0 Å². The molecule has 0 saturated carbocycles. The fourth-order valence-electron chi connectivity index (χ4n) is 6.56. The molecule has 2 amide bonds. The van der Waals surface area contributed by atoms with Crippen LogP contribution in [0.5, 0.6) is 17.2 Å². The van der Waals surface area contributed by atoms with Crippen molar-refractivity contribution in [2.45, 2.75) is 69.7 Å². The zero-order chi connectivity index (χ0) is 32.2. The predicted molar refractivity (Wildman–Crippen MR) is 172 cm³/mol. The van der Waals surface area contributed by atoms with E-state index >= 15 is 0 Å². The van der Waals surface area contributed by atoms with Crippen LogP contribution in [0.1, 0.15) is 51.0 Å². The molecule has 244 valence electrons. The summed E-state index contributed by atoms with van der Waals surface area (Å²) in [4.78, 5) is 31.5. The Kier molecular flexibility index (Phi) is 10.0. The minimum Gasteiger partial charge on any atom is -0.493 e. The van der Waals surface area contributed by atoms with E-state index in [0.717, 1.165) is 37.5 Å². The van der Waals surface area contributed by atoms with Gasteiger partial charge in [0.15, 0.2) is 11.5 Å². The number of benzene rings is 2. The number of allylic oxidation sites excluding steroid dienone is 2. The van der Waals surface area contributed by atoms with Crippen LogP contribution in [-0.4, -0.2) is 85.8 Å². The average Bonchev–Trinajstić information content (AvgIpc) is 3.56. The number of hydrogen-bond donors (Lipinski definition) is 3. The summed E-state index contributed by atoms with van der Waals surface area (Å²) in [6.45, 7) is 4.59. The lowest BCUT2D eigenvalue weighted by Gasteiger charge is -2.52. The fraction of sp³-hybridized carbons (Fsp3) is 0.515. The van der Waals surface area contributed by atoms with Crippen molar-refractivity contribution >= 4 is 27.5 Å². The number of anilines is 1. The zero-order valence-electron chi connectivity index (χ0n) is 26.2. The molecule has 0 bridgehead atoms. The first-order valence-corrected chi connectivity index (χ1v) is 17.5. The van der Waals surface area contributed by atoms with E-state index in [1.54, 1.807) is 23.1 Å². The number of nitrogens with zero attached hydrogens (tertiary/aromatic N) is 2. The van der Waals surface area contributed by atoms with Crippen molar-refractivity contribution in [2.75, 3.05) is 37.7 Å². The van der Waals surface area contributed by atoms with Crippen LogP contribution in [-0.2, 0) is 26.2 Å². The number of sulfonamides is 1. The molecule has 2 aromatic carbocycles. The monoisotopic (exact) mass is 640 g/mol. The van der Waals surface area contributed by atoms with Gasteiger partial charge in [0.05, 0.1) is 25.2 Å². The standard InChI is InChI=1S/C33H44N4O7S/c1-4-5-18-37-31(39)29(30(38)24-8-6-7-9-24)34-32(40)33(37)16-19-36(20-17-33)22-23-10-13-26(14-11-23)44-27-15-12-25(21-28(27)43-2)35-45(3,41)42/h6-7,10-15,21,24,29-30,35,38H,4-5,8-9,16-20,22H2,1-3H3,(H,34,40)/t29-,30-/m1/s1. The molecule has 5 rings (SSSR count). The molecule has 3 N–H and O–H groups in total. The van der Waals surface area contributed by atoms with Gasteiger partial charge < -0.3 is 24.8 Å². The van der Waals surface area contributed by atoms with Crippen LogP contribution in [0.15, 0.2) is 54.6 Å². The van der Waals surface area contributed by atoms with Crippen molar-refractivity contribution < 1.29 is 32.6 Å². The van der Waals surface area contributed by atoms with Crippen LogP contribution in [0.2, 0.25) is 0 Å². The van der Waals surface area contributed by atoms with E-state index < -0.39 is 27.7 Å². The van der Waals surface area contributed by atoms with Gasteiger partial charge in [-0.25, -0.2) is 8.42 Å². The van der Waals surface area contributed by atoms with E-state index in [4.69, 9.17) is 9.47 Å². The molecule has 2 saturated heterocycles. The van der Waals surface area contributed by atoms with Crippen molar-refractivity contribution in [3.05, 3.63) is 60.2 Å². The Hall–Kier alpha value is -3.61. The topological polar surface area (TPSA) is 138 Å². The summed E-state index contributed by atoms with van der Waals surface area (Å²) in [5.74, 6) is 1.09. The van der Waals surface area contributed by atoms with Crippen LogP contribution in [0.25, 0.3) is 0 Å². The van der Waals surface area contributed by atoms with Gasteiger partial charge in [-0.15, -0.1) is 0 Å². The predicted octanol–water partition coefficient (Wildman–Crippen LogP) is 3.65. The number of nitrogens with one attached hydrogen (secondary N) is 2. The smallest absolute Gasteiger partial charge is 0.248 e. The molecule has 45 heavy (non-hydrogen) atoms. The number of piperazine rings is 1. The van der Waals surface area contributed by atoms with Crippen LogP contribution in [0, 0.1) is 5.92 Å². The molecule has 0 aromatic heterocycles. The third-order valence-electron chi connectivity index (χ3n) is 9.07. The van der Waals surface area contributed by atoms with E-state index in [2.05, 4.69) is 21.9 Å². The number of amides is 2. The van der Waals surface area contributed by atoms with Gasteiger partial charge in [0.25, 0.3) is 0 Å². The Morgan fingerprint density at radius 3 is 2.38 bits per heavy atom. The number of hydrogen-bond acceptors (Lipinski definition) is 8. The number of methoxy groups -OCH3 is 1. The van der Waals surface area contributed by atoms with Crippen molar-refractivity contribution in [3.8, 4) is 17.2 Å². The van der Waals surface area contributed by atoms with Crippen molar-refractivity contribution in [2.24, 2.45) is 5.92 Å². The lowest BCUT2D eigenvalue weighted by Crippen LogP contribution is -2.75. The number of likely N-dealkylation sites (tertiary alicyclic amines) is 1. The molecular weight excluding hydrogens is 596 g/mol. The Labute approximate surface area is 265 Å². The Morgan fingerprint density at radius 2 is 1.76 bits per heavy atom. The number of piperidine rings is 1. The minimum absolute atomic E-state index is 0.0493. The van der Waals surface area contributed by atoms with Gasteiger partial charge in [-0.05, 0) is 67.9 Å². The maximum absolute atomic E-state index is 13.8. The maximum Gasteiger partial charge on any atom is 0.248 e. The largest absolute Gasteiger partial charge is 0.493 e. The fourth-order valence-corrected chi connectivity index (χ4v) is 7.11. The molecule has 3 aliphatic rings. The quantitative estimate of drug-likeness (QED) is 0.299. The second-order valence-corrected chi connectivity index (χ2v) is 14.0. The molecule has 2 heterocycles. The van der Waals surface area contributed by atoms with Crippen LogP contribution >= 0.6 is 0 Å². The number of unbranched alkanes of at least 4 members (excludes halogenated alkanes) is 1. The van der Waals surface area contributed by atoms with E-state index in [1.165, 1.54) is 7.11 Å². The Balaban J connectivity index is 1.20. The SMILES string of the molecule is CCCCN1C(=O)[C@@H]([C@H](O)C2CC=CC2)NC(=O)C12CCN(Cc1ccc(Oc3ccc(NS(C)(=O)=O)cc3OC)cc1)CC2. The highest BCUT2D eigenvalue weighted by molar-refractivity contribution is 7.92. The van der Waals surface area contributed by atoms with Gasteiger partial charge in [-0.3, -0.25) is 19.2 Å². The zero-order valence-corrected chi connectivity index (χ0v) is 27.0. The van der Waals surface area contributed by atoms with Gasteiger partial charge in [0.2, 0.25) is 21.8 Å². The number of aliphatic hydroxyl groups excluding tert-OH is 1. The number of ether oxygens (including phenoxy) is 2. The second-order valence-electron chi connectivity index (χ2n) is 12.3. The number of carbonyl (C=O) groups is 2.